The van der Waals surface area contributed by atoms with Crippen molar-refractivity contribution in [3.05, 3.63) is 78.8 Å². The number of aromatic nitrogens is 3. The number of hydrogen-bond acceptors (Lipinski definition) is 4. The fraction of sp³-hybridized carbons (Fsp3) is 0. The molecule has 28 heavy (non-hydrogen) atoms. The third-order valence-electron chi connectivity index (χ3n) is 4.07. The van der Waals surface area contributed by atoms with E-state index >= 15 is 0 Å². The molecule has 2 heterocycles. The third kappa shape index (κ3) is 3.65. The zero-order valence-electron chi connectivity index (χ0n) is 14.7. The van der Waals surface area contributed by atoms with Gasteiger partial charge in [0.25, 0.3) is 5.91 Å². The van der Waals surface area contributed by atoms with Crippen LogP contribution < -0.4 is 16.4 Å². The molecule has 0 bridgehead atoms. The predicted molar refractivity (Wildman–Crippen MR) is 106 cm³/mol. The highest BCUT2D eigenvalue weighted by Crippen LogP contribution is 2.21. The van der Waals surface area contributed by atoms with Crippen LogP contribution in [0.5, 0.6) is 0 Å². The topological polar surface area (TPSA) is 114 Å². The molecule has 4 N–H and O–H groups in total. The van der Waals surface area contributed by atoms with Gasteiger partial charge in [-0.3, -0.25) is 9.20 Å². The number of fused-ring (bicyclic) bond motifs is 1. The van der Waals surface area contributed by atoms with E-state index in [9.17, 15) is 9.59 Å². The zero-order chi connectivity index (χ0) is 19.5. The molecular formula is C20H16N6O2. The number of carbonyl (C=O) groups is 2. The highest BCUT2D eigenvalue weighted by Gasteiger charge is 2.09. The van der Waals surface area contributed by atoms with Crippen LogP contribution in [0.1, 0.15) is 10.4 Å². The minimum absolute atomic E-state index is 0.294. The zero-order valence-corrected chi connectivity index (χ0v) is 14.7. The molecule has 2 aromatic heterocycles. The van der Waals surface area contributed by atoms with Gasteiger partial charge in [-0.2, -0.15) is 0 Å². The van der Waals surface area contributed by atoms with Crippen LogP contribution in [-0.2, 0) is 0 Å². The van der Waals surface area contributed by atoms with E-state index in [1.807, 2.05) is 35.0 Å². The van der Waals surface area contributed by atoms with Gasteiger partial charge in [0.05, 0.1) is 5.69 Å². The standard InChI is InChI=1S/C20H16N6O2/c21-19(28)24-16-4-1-3-14(11-16)18(27)23-15-7-5-13(6-8-15)17-12-26-10-2-9-22-20(26)25-17/h1-12H,(H,23,27)(H3,21,24,28). The van der Waals surface area contributed by atoms with Crippen molar-refractivity contribution in [3.63, 3.8) is 0 Å². The van der Waals surface area contributed by atoms with Gasteiger partial charge >= 0.3 is 6.03 Å². The number of anilines is 2. The summed E-state index contributed by atoms with van der Waals surface area (Å²) >= 11 is 0. The molecule has 0 radical (unpaired) electrons. The number of amides is 3. The molecule has 138 valence electrons. The molecule has 0 saturated heterocycles. The van der Waals surface area contributed by atoms with Crippen molar-refractivity contribution in [2.24, 2.45) is 5.73 Å². The second-order valence-corrected chi connectivity index (χ2v) is 6.05. The summed E-state index contributed by atoms with van der Waals surface area (Å²) in [6.45, 7) is 0. The van der Waals surface area contributed by atoms with Gasteiger partial charge in [-0.1, -0.05) is 18.2 Å². The number of carbonyl (C=O) groups excluding carboxylic acids is 2. The summed E-state index contributed by atoms with van der Waals surface area (Å²) in [5.41, 5.74) is 8.31. The largest absolute Gasteiger partial charge is 0.351 e. The molecule has 0 aliphatic rings. The van der Waals surface area contributed by atoms with Crippen LogP contribution in [-0.4, -0.2) is 26.3 Å². The second-order valence-electron chi connectivity index (χ2n) is 6.05. The SMILES string of the molecule is NC(=O)Nc1cccc(C(=O)Nc2ccc(-c3cn4cccnc4n3)cc2)c1. The average Bonchev–Trinajstić information content (AvgIpc) is 3.12. The molecule has 2 aromatic carbocycles. The number of nitrogens with one attached hydrogen (secondary N) is 2. The fourth-order valence-electron chi connectivity index (χ4n) is 2.78. The molecule has 8 nitrogen and oxygen atoms in total. The van der Waals surface area contributed by atoms with Gasteiger partial charge in [0.1, 0.15) is 0 Å². The summed E-state index contributed by atoms with van der Waals surface area (Å²) < 4.78 is 1.85. The maximum atomic E-state index is 12.4. The Morgan fingerprint density at radius 1 is 0.964 bits per heavy atom. The molecule has 0 aliphatic carbocycles. The number of imidazole rings is 1. The Morgan fingerprint density at radius 2 is 1.79 bits per heavy atom. The highest BCUT2D eigenvalue weighted by atomic mass is 16.2. The van der Waals surface area contributed by atoms with E-state index in [2.05, 4.69) is 20.6 Å². The molecular weight excluding hydrogens is 356 g/mol. The Bertz CT molecular complexity index is 1130. The van der Waals surface area contributed by atoms with E-state index < -0.39 is 6.03 Å². The molecule has 3 amide bonds. The van der Waals surface area contributed by atoms with Gasteiger partial charge in [0.2, 0.25) is 5.78 Å². The fourth-order valence-corrected chi connectivity index (χ4v) is 2.78. The molecule has 0 atom stereocenters. The maximum Gasteiger partial charge on any atom is 0.316 e. The average molecular weight is 372 g/mol. The number of nitrogens with two attached hydrogens (primary N) is 1. The van der Waals surface area contributed by atoms with Crippen molar-refractivity contribution in [3.8, 4) is 11.3 Å². The van der Waals surface area contributed by atoms with Gasteiger partial charge in [-0.05, 0) is 36.4 Å². The Labute approximate surface area is 160 Å². The summed E-state index contributed by atoms with van der Waals surface area (Å²) in [5, 5.41) is 5.27. The van der Waals surface area contributed by atoms with E-state index in [1.165, 1.54) is 0 Å². The van der Waals surface area contributed by atoms with E-state index in [-0.39, 0.29) is 5.91 Å². The Hall–Kier alpha value is -4.20. The van der Waals surface area contributed by atoms with Gasteiger partial charge < -0.3 is 16.4 Å². The molecule has 0 saturated carbocycles. The van der Waals surface area contributed by atoms with Crippen molar-refractivity contribution >= 4 is 29.1 Å². The minimum atomic E-state index is -0.685. The lowest BCUT2D eigenvalue weighted by Crippen LogP contribution is -2.19. The van der Waals surface area contributed by atoms with Gasteiger partial charge in [-0.15, -0.1) is 0 Å². The van der Waals surface area contributed by atoms with Crippen LogP contribution in [0.4, 0.5) is 16.2 Å². The quantitative estimate of drug-likeness (QED) is 0.510. The molecule has 0 fully saturated rings. The Balaban J connectivity index is 1.50. The molecule has 4 rings (SSSR count). The number of hydrogen-bond donors (Lipinski definition) is 3. The van der Waals surface area contributed by atoms with Crippen LogP contribution in [0.15, 0.2) is 73.2 Å². The van der Waals surface area contributed by atoms with Crippen molar-refractivity contribution in [2.45, 2.75) is 0 Å². The molecule has 0 spiro atoms. The summed E-state index contributed by atoms with van der Waals surface area (Å²) in [5.74, 6) is 0.331. The van der Waals surface area contributed by atoms with E-state index in [4.69, 9.17) is 5.73 Å². The van der Waals surface area contributed by atoms with Gasteiger partial charge in [0.15, 0.2) is 0 Å². The first kappa shape index (κ1) is 17.2. The van der Waals surface area contributed by atoms with Gasteiger partial charge in [-0.25, -0.2) is 14.8 Å². The van der Waals surface area contributed by atoms with E-state index in [0.717, 1.165) is 11.3 Å². The molecule has 4 aromatic rings. The normalized spacial score (nSPS) is 10.6. The van der Waals surface area contributed by atoms with Crippen molar-refractivity contribution in [1.29, 1.82) is 0 Å². The lowest BCUT2D eigenvalue weighted by molar-refractivity contribution is 0.102. The molecule has 8 heteroatoms. The van der Waals surface area contributed by atoms with Gasteiger partial charge in [0, 0.05) is 41.1 Å². The van der Waals surface area contributed by atoms with Crippen LogP contribution in [0.3, 0.4) is 0 Å². The molecule has 0 aliphatic heterocycles. The van der Waals surface area contributed by atoms with Crippen LogP contribution in [0.25, 0.3) is 17.0 Å². The first-order valence-electron chi connectivity index (χ1n) is 8.46. The smallest absolute Gasteiger partial charge is 0.316 e. The van der Waals surface area contributed by atoms with Crippen LogP contribution in [0.2, 0.25) is 0 Å². The van der Waals surface area contributed by atoms with Crippen molar-refractivity contribution < 1.29 is 9.59 Å². The van der Waals surface area contributed by atoms with Crippen LogP contribution in [0, 0.1) is 0 Å². The number of benzene rings is 2. The maximum absolute atomic E-state index is 12.4. The Kier molecular flexibility index (Phi) is 4.43. The number of rotatable bonds is 4. The van der Waals surface area contributed by atoms with Crippen molar-refractivity contribution in [1.82, 2.24) is 14.4 Å². The predicted octanol–water partition coefficient (Wildman–Crippen LogP) is 3.14. The molecule has 0 unspecified atom stereocenters. The van der Waals surface area contributed by atoms with Crippen LogP contribution >= 0.6 is 0 Å². The summed E-state index contributed by atoms with van der Waals surface area (Å²) in [7, 11) is 0. The first-order chi connectivity index (χ1) is 13.6. The van der Waals surface area contributed by atoms with E-state index in [0.29, 0.717) is 22.7 Å². The van der Waals surface area contributed by atoms with E-state index in [1.54, 1.807) is 42.6 Å². The summed E-state index contributed by atoms with van der Waals surface area (Å²) in [6, 6.07) is 15.0. The minimum Gasteiger partial charge on any atom is -0.351 e. The lowest BCUT2D eigenvalue weighted by Gasteiger charge is -2.08. The Morgan fingerprint density at radius 3 is 2.54 bits per heavy atom. The lowest BCUT2D eigenvalue weighted by atomic mass is 10.1. The first-order valence-corrected chi connectivity index (χ1v) is 8.46. The summed E-state index contributed by atoms with van der Waals surface area (Å²) in [4.78, 5) is 32.1. The number of primary amides is 1. The number of urea groups is 1. The third-order valence-corrected chi connectivity index (χ3v) is 4.07. The monoisotopic (exact) mass is 372 g/mol. The summed E-state index contributed by atoms with van der Waals surface area (Å²) in [6.07, 6.45) is 5.47. The van der Waals surface area contributed by atoms with Crippen molar-refractivity contribution in [2.75, 3.05) is 10.6 Å². The highest BCUT2D eigenvalue weighted by molar-refractivity contribution is 6.05. The number of nitrogens with zero attached hydrogens (tertiary/aromatic N) is 3. The second kappa shape index (κ2) is 7.20.